The molecular weight excluding hydrogens is 408 g/mol. The van der Waals surface area contributed by atoms with Crippen molar-refractivity contribution in [2.24, 2.45) is 0 Å². The monoisotopic (exact) mass is 430 g/mol. The van der Waals surface area contributed by atoms with Crippen molar-refractivity contribution in [3.05, 3.63) is 77.9 Å². The molecule has 1 aliphatic heterocycles. The molecule has 2 aromatic carbocycles. The number of carbonyl (C=O) groups is 1. The number of hydrogen-bond donors (Lipinski definition) is 0. The smallest absolute Gasteiger partial charge is 0.256 e. The van der Waals surface area contributed by atoms with E-state index in [4.69, 9.17) is 9.26 Å². The van der Waals surface area contributed by atoms with Crippen LogP contribution >= 0.6 is 0 Å². The van der Waals surface area contributed by atoms with Crippen LogP contribution in [0, 0.1) is 6.92 Å². The average Bonchev–Trinajstić information content (AvgIpc) is 3.54. The summed E-state index contributed by atoms with van der Waals surface area (Å²) in [5.41, 5.74) is 4.18. The lowest BCUT2D eigenvalue weighted by Crippen LogP contribution is -2.50. The van der Waals surface area contributed by atoms with Gasteiger partial charge in [-0.05, 0) is 37.1 Å². The van der Waals surface area contributed by atoms with Crippen molar-refractivity contribution in [1.29, 1.82) is 0 Å². The topological polar surface area (TPSA) is 99.2 Å². The molecule has 32 heavy (non-hydrogen) atoms. The zero-order chi connectivity index (χ0) is 21.9. The van der Waals surface area contributed by atoms with Gasteiger partial charge in [0.15, 0.2) is 0 Å². The van der Waals surface area contributed by atoms with E-state index in [2.05, 4.69) is 20.3 Å². The van der Waals surface area contributed by atoms with Crippen LogP contribution in [0.3, 0.4) is 0 Å². The fourth-order valence-electron chi connectivity index (χ4n) is 3.99. The van der Waals surface area contributed by atoms with Crippen molar-refractivity contribution in [3.63, 3.8) is 0 Å². The Morgan fingerprint density at radius 2 is 2.03 bits per heavy atom. The molecule has 4 aromatic rings. The number of hydrogen-bond acceptors (Lipinski definition) is 7. The van der Waals surface area contributed by atoms with Gasteiger partial charge in [0, 0.05) is 12.1 Å². The Labute approximate surface area is 184 Å². The van der Waals surface area contributed by atoms with Crippen molar-refractivity contribution in [2.75, 3.05) is 19.8 Å². The quantitative estimate of drug-likeness (QED) is 0.480. The SMILES string of the molecule is Cc1ccc(-n2nccn2)c(C(=O)N2CCOCC2Cc2cccc(-c3ncon3)c2)c1. The third kappa shape index (κ3) is 4.02. The minimum Gasteiger partial charge on any atom is -0.377 e. The van der Waals surface area contributed by atoms with Crippen molar-refractivity contribution in [3.8, 4) is 17.1 Å². The number of amides is 1. The fourth-order valence-corrected chi connectivity index (χ4v) is 3.99. The minimum atomic E-state index is -0.101. The van der Waals surface area contributed by atoms with Gasteiger partial charge in [0.05, 0.1) is 42.9 Å². The molecule has 1 atom stereocenters. The molecule has 1 aliphatic rings. The van der Waals surface area contributed by atoms with Crippen LogP contribution in [0.1, 0.15) is 21.5 Å². The first kappa shape index (κ1) is 20.1. The average molecular weight is 430 g/mol. The predicted molar refractivity (Wildman–Crippen MR) is 115 cm³/mol. The van der Waals surface area contributed by atoms with Crippen molar-refractivity contribution in [1.82, 2.24) is 30.0 Å². The van der Waals surface area contributed by atoms with Crippen molar-refractivity contribution in [2.45, 2.75) is 19.4 Å². The first-order valence-corrected chi connectivity index (χ1v) is 10.4. The molecule has 9 heteroatoms. The second-order valence-corrected chi connectivity index (χ2v) is 7.73. The van der Waals surface area contributed by atoms with Gasteiger partial charge < -0.3 is 14.2 Å². The molecular formula is C23H22N6O3. The van der Waals surface area contributed by atoms with Crippen LogP contribution in [0.15, 0.2) is 65.8 Å². The lowest BCUT2D eigenvalue weighted by Gasteiger charge is -2.36. The first-order chi connectivity index (χ1) is 15.7. The summed E-state index contributed by atoms with van der Waals surface area (Å²) < 4.78 is 10.6. The summed E-state index contributed by atoms with van der Waals surface area (Å²) >= 11 is 0. The van der Waals surface area contributed by atoms with Gasteiger partial charge >= 0.3 is 0 Å². The van der Waals surface area contributed by atoms with E-state index in [1.807, 2.05) is 54.3 Å². The van der Waals surface area contributed by atoms with Crippen molar-refractivity contribution < 1.29 is 14.1 Å². The molecule has 5 rings (SSSR count). The highest BCUT2D eigenvalue weighted by Gasteiger charge is 2.30. The Kier molecular flexibility index (Phi) is 5.47. The highest BCUT2D eigenvalue weighted by Crippen LogP contribution is 2.23. The van der Waals surface area contributed by atoms with Crippen LogP contribution in [0.5, 0.6) is 0 Å². The summed E-state index contributed by atoms with van der Waals surface area (Å²) in [7, 11) is 0. The zero-order valence-corrected chi connectivity index (χ0v) is 17.6. The summed E-state index contributed by atoms with van der Waals surface area (Å²) in [6.45, 7) is 3.47. The van der Waals surface area contributed by atoms with E-state index in [1.54, 1.807) is 12.4 Å². The molecule has 0 N–H and O–H groups in total. The van der Waals surface area contributed by atoms with Crippen LogP contribution in [-0.2, 0) is 11.2 Å². The molecule has 3 heterocycles. The summed E-state index contributed by atoms with van der Waals surface area (Å²) in [5, 5.41) is 12.3. The number of ether oxygens (including phenoxy) is 1. The predicted octanol–water partition coefficient (Wildman–Crippen LogP) is 2.71. The third-order valence-electron chi connectivity index (χ3n) is 5.52. The standard InChI is InChI=1S/C23H22N6O3/c1-16-5-6-21(29-25-7-8-26-29)20(11-16)23(30)28-9-10-31-14-19(28)13-17-3-2-4-18(12-17)22-24-15-32-27-22/h2-8,11-12,15,19H,9-10,13-14H2,1H3. The molecule has 0 spiro atoms. The molecule has 162 valence electrons. The van der Waals surface area contributed by atoms with E-state index in [0.29, 0.717) is 43.3 Å². The third-order valence-corrected chi connectivity index (χ3v) is 5.52. The van der Waals surface area contributed by atoms with Crippen LogP contribution in [0.25, 0.3) is 17.1 Å². The Balaban J connectivity index is 1.43. The number of morpholine rings is 1. The number of carbonyl (C=O) groups excluding carboxylic acids is 1. The first-order valence-electron chi connectivity index (χ1n) is 10.4. The molecule has 1 unspecified atom stereocenters. The van der Waals surface area contributed by atoms with Gasteiger partial charge in [0.2, 0.25) is 12.2 Å². The van der Waals surface area contributed by atoms with E-state index >= 15 is 0 Å². The Bertz CT molecular complexity index is 1210. The second-order valence-electron chi connectivity index (χ2n) is 7.73. The van der Waals surface area contributed by atoms with Gasteiger partial charge in [0.1, 0.15) is 0 Å². The molecule has 1 fully saturated rings. The largest absolute Gasteiger partial charge is 0.377 e. The van der Waals surface area contributed by atoms with Gasteiger partial charge in [-0.1, -0.05) is 35.0 Å². The van der Waals surface area contributed by atoms with Crippen LogP contribution in [-0.4, -0.2) is 61.7 Å². The normalized spacial score (nSPS) is 16.3. The molecule has 0 bridgehead atoms. The van der Waals surface area contributed by atoms with Gasteiger partial charge in [-0.15, -0.1) is 0 Å². The minimum absolute atomic E-state index is 0.0522. The van der Waals surface area contributed by atoms with Crippen LogP contribution in [0.2, 0.25) is 0 Å². The highest BCUT2D eigenvalue weighted by molar-refractivity contribution is 5.98. The maximum absolute atomic E-state index is 13.7. The summed E-state index contributed by atoms with van der Waals surface area (Å²) in [6, 6.07) is 13.6. The maximum atomic E-state index is 13.7. The van der Waals surface area contributed by atoms with Crippen LogP contribution in [0.4, 0.5) is 0 Å². The second kappa shape index (κ2) is 8.72. The molecule has 0 saturated carbocycles. The molecule has 9 nitrogen and oxygen atoms in total. The molecule has 2 aromatic heterocycles. The van der Waals surface area contributed by atoms with Crippen molar-refractivity contribution >= 4 is 5.91 Å². The van der Waals surface area contributed by atoms with Gasteiger partial charge in [-0.3, -0.25) is 4.79 Å². The van der Waals surface area contributed by atoms with E-state index in [0.717, 1.165) is 16.7 Å². The highest BCUT2D eigenvalue weighted by atomic mass is 16.5. The number of benzene rings is 2. The fraction of sp³-hybridized carbons (Fsp3) is 0.261. The molecule has 0 radical (unpaired) electrons. The summed E-state index contributed by atoms with van der Waals surface area (Å²) in [4.78, 5) is 21.2. The summed E-state index contributed by atoms with van der Waals surface area (Å²) in [6.07, 6.45) is 5.16. The Morgan fingerprint density at radius 3 is 2.84 bits per heavy atom. The van der Waals surface area contributed by atoms with E-state index in [9.17, 15) is 4.79 Å². The number of aryl methyl sites for hydroxylation is 1. The van der Waals surface area contributed by atoms with Crippen LogP contribution < -0.4 is 0 Å². The Morgan fingerprint density at radius 1 is 1.16 bits per heavy atom. The van der Waals surface area contributed by atoms with Gasteiger partial charge in [-0.25, -0.2) is 0 Å². The molecule has 1 saturated heterocycles. The molecule has 1 amide bonds. The zero-order valence-electron chi connectivity index (χ0n) is 17.6. The van der Waals surface area contributed by atoms with Gasteiger partial charge in [-0.2, -0.15) is 20.0 Å². The number of nitrogens with zero attached hydrogens (tertiary/aromatic N) is 6. The number of rotatable bonds is 5. The lowest BCUT2D eigenvalue weighted by molar-refractivity contribution is -0.00165. The summed E-state index contributed by atoms with van der Waals surface area (Å²) in [5.74, 6) is 0.486. The Hall–Kier alpha value is -3.85. The number of aromatic nitrogens is 5. The van der Waals surface area contributed by atoms with E-state index in [1.165, 1.54) is 11.2 Å². The van der Waals surface area contributed by atoms with Gasteiger partial charge in [0.25, 0.3) is 5.91 Å². The molecule has 0 aliphatic carbocycles. The van der Waals surface area contributed by atoms with E-state index < -0.39 is 0 Å². The van der Waals surface area contributed by atoms with E-state index in [-0.39, 0.29) is 11.9 Å². The maximum Gasteiger partial charge on any atom is 0.256 e. The lowest BCUT2D eigenvalue weighted by atomic mass is 10.00.